The highest BCUT2D eigenvalue weighted by atomic mass is 35.5. The summed E-state index contributed by atoms with van der Waals surface area (Å²) >= 11 is 6.04. The first-order chi connectivity index (χ1) is 20.6. The van der Waals surface area contributed by atoms with E-state index in [4.69, 9.17) is 26.3 Å². The normalized spacial score (nSPS) is 18.6. The molecule has 0 bridgehead atoms. The van der Waals surface area contributed by atoms with Crippen LogP contribution in [0.25, 0.3) is 10.9 Å². The van der Waals surface area contributed by atoms with E-state index in [1.165, 1.54) is 33.7 Å². The molecule has 2 aromatic carbocycles. The molecule has 5 rings (SSSR count). The molecule has 3 amide bonds. The molecule has 12 nitrogen and oxygen atoms in total. The van der Waals surface area contributed by atoms with Gasteiger partial charge < -0.3 is 25.0 Å². The van der Waals surface area contributed by atoms with Gasteiger partial charge >= 0.3 is 11.7 Å². The minimum absolute atomic E-state index is 0.0500. The van der Waals surface area contributed by atoms with Crippen molar-refractivity contribution in [3.05, 3.63) is 67.6 Å². The zero-order chi connectivity index (χ0) is 30.8. The number of carbonyl (C=O) groups is 2. The van der Waals surface area contributed by atoms with Crippen molar-refractivity contribution in [2.75, 3.05) is 36.9 Å². The van der Waals surface area contributed by atoms with E-state index in [1.54, 1.807) is 13.8 Å². The van der Waals surface area contributed by atoms with E-state index in [9.17, 15) is 19.2 Å². The van der Waals surface area contributed by atoms with Crippen LogP contribution >= 0.6 is 11.6 Å². The van der Waals surface area contributed by atoms with E-state index < -0.39 is 35.1 Å². The Morgan fingerprint density at radius 2 is 1.95 bits per heavy atom. The Morgan fingerprint density at radius 3 is 2.63 bits per heavy atom. The molecule has 3 aromatic rings. The average Bonchev–Trinajstić information content (AvgIpc) is 3.49. The summed E-state index contributed by atoms with van der Waals surface area (Å²) < 4.78 is 29.0. The number of morpholine rings is 1. The summed E-state index contributed by atoms with van der Waals surface area (Å²) in [4.78, 5) is 54.0. The third kappa shape index (κ3) is 6.27. The summed E-state index contributed by atoms with van der Waals surface area (Å²) in [6, 6.07) is 7.59. The number of urea groups is 1. The summed E-state index contributed by atoms with van der Waals surface area (Å²) in [7, 11) is 0. The van der Waals surface area contributed by atoms with Gasteiger partial charge in [0.25, 0.3) is 11.5 Å². The minimum atomic E-state index is -1.03. The molecule has 2 N–H and O–H groups in total. The van der Waals surface area contributed by atoms with Gasteiger partial charge in [0.15, 0.2) is 6.10 Å². The number of hydrogen-bond donors (Lipinski definition) is 2. The van der Waals surface area contributed by atoms with Gasteiger partial charge in [-0.2, -0.15) is 5.26 Å². The quantitative estimate of drug-likeness (QED) is 0.433. The first-order valence-corrected chi connectivity index (χ1v) is 14.2. The van der Waals surface area contributed by atoms with Crippen molar-refractivity contribution in [1.82, 2.24) is 14.0 Å². The molecule has 43 heavy (non-hydrogen) atoms. The number of anilines is 2. The molecule has 3 heterocycles. The molecule has 0 spiro atoms. The largest absolute Gasteiger partial charge is 0.376 e. The maximum atomic E-state index is 15.3. The van der Waals surface area contributed by atoms with Gasteiger partial charge in [0.2, 0.25) is 0 Å². The molecule has 2 aliphatic rings. The number of nitriles is 1. The van der Waals surface area contributed by atoms with Crippen LogP contribution < -0.4 is 21.9 Å². The highest BCUT2D eigenvalue weighted by Crippen LogP contribution is 2.24. The predicted octanol–water partition coefficient (Wildman–Crippen LogP) is 3.46. The van der Waals surface area contributed by atoms with Crippen LogP contribution in [0.1, 0.15) is 38.3 Å². The number of nitrogens with one attached hydrogen (secondary N) is 2. The van der Waals surface area contributed by atoms with E-state index in [1.807, 2.05) is 6.07 Å². The zero-order valence-corrected chi connectivity index (χ0v) is 24.3. The standard InChI is InChI=1S/C29H30ClFN6O6/c1-16(2)37-24-12-22(31)23(11-20(24)27(39)36(29(37)41)14-19-4-3-8-42-19)34-28(40)35-7-9-43-25(15-35)26(38)33-18-6-5-17(13-32)21(30)10-18/h5-6,10-12,16,19,25H,3-4,7-9,14-15H2,1-2H3,(H,33,38)(H,34,40)/t19-,25-/m1/s1. The Kier molecular flexibility index (Phi) is 8.82. The first-order valence-electron chi connectivity index (χ1n) is 13.9. The molecule has 226 valence electrons. The smallest absolute Gasteiger partial charge is 0.331 e. The third-order valence-corrected chi connectivity index (χ3v) is 7.74. The Labute approximate surface area is 250 Å². The number of rotatable bonds is 6. The van der Waals surface area contributed by atoms with Crippen LogP contribution in [0.3, 0.4) is 0 Å². The fourth-order valence-corrected chi connectivity index (χ4v) is 5.46. The van der Waals surface area contributed by atoms with Gasteiger partial charge in [-0.05, 0) is 51.0 Å². The molecule has 0 unspecified atom stereocenters. The molecule has 2 saturated heterocycles. The molecule has 14 heteroatoms. The lowest BCUT2D eigenvalue weighted by Gasteiger charge is -2.32. The number of aromatic nitrogens is 2. The number of benzene rings is 2. The third-order valence-electron chi connectivity index (χ3n) is 7.43. The van der Waals surface area contributed by atoms with E-state index in [0.717, 1.165) is 23.5 Å². The van der Waals surface area contributed by atoms with Crippen molar-refractivity contribution in [1.29, 1.82) is 5.26 Å². The summed E-state index contributed by atoms with van der Waals surface area (Å²) in [5.74, 6) is -1.36. The molecule has 2 fully saturated rings. The molecule has 1 aromatic heterocycles. The van der Waals surface area contributed by atoms with Gasteiger partial charge in [0.05, 0.1) is 53.0 Å². The van der Waals surface area contributed by atoms with E-state index in [2.05, 4.69) is 10.6 Å². The topological polar surface area (TPSA) is 148 Å². The van der Waals surface area contributed by atoms with Crippen molar-refractivity contribution in [3.8, 4) is 6.07 Å². The Hall–Kier alpha value is -4.25. The number of fused-ring (bicyclic) bond motifs is 1. The van der Waals surface area contributed by atoms with Gasteiger partial charge in [-0.3, -0.25) is 18.7 Å². The van der Waals surface area contributed by atoms with Gasteiger partial charge in [-0.25, -0.2) is 14.0 Å². The maximum Gasteiger partial charge on any atom is 0.331 e. The Morgan fingerprint density at radius 1 is 1.16 bits per heavy atom. The second-order valence-corrected chi connectivity index (χ2v) is 11.1. The fourth-order valence-electron chi connectivity index (χ4n) is 5.24. The second-order valence-electron chi connectivity index (χ2n) is 10.7. The van der Waals surface area contributed by atoms with Crippen molar-refractivity contribution >= 4 is 45.8 Å². The van der Waals surface area contributed by atoms with Crippen molar-refractivity contribution < 1.29 is 23.5 Å². The molecule has 2 atom stereocenters. The lowest BCUT2D eigenvalue weighted by atomic mass is 10.1. The number of amides is 3. The number of hydrogen-bond acceptors (Lipinski definition) is 7. The molecule has 2 aliphatic heterocycles. The minimum Gasteiger partial charge on any atom is -0.376 e. The van der Waals surface area contributed by atoms with Crippen LogP contribution in [0.5, 0.6) is 0 Å². The molecule has 0 aliphatic carbocycles. The Balaban J connectivity index is 1.36. The summed E-state index contributed by atoms with van der Waals surface area (Å²) in [6.45, 7) is 4.21. The monoisotopic (exact) mass is 612 g/mol. The fraction of sp³-hybridized carbons (Fsp3) is 0.414. The van der Waals surface area contributed by atoms with Crippen molar-refractivity contribution in [2.24, 2.45) is 0 Å². The predicted molar refractivity (Wildman–Crippen MR) is 157 cm³/mol. The van der Waals surface area contributed by atoms with Gasteiger partial charge in [-0.15, -0.1) is 0 Å². The lowest BCUT2D eigenvalue weighted by molar-refractivity contribution is -0.131. The van der Waals surface area contributed by atoms with E-state index in [-0.39, 0.29) is 65.6 Å². The van der Waals surface area contributed by atoms with E-state index >= 15 is 4.39 Å². The number of ether oxygens (including phenoxy) is 2. The Bertz CT molecular complexity index is 1740. The van der Waals surface area contributed by atoms with Gasteiger partial charge in [0, 0.05) is 30.9 Å². The highest BCUT2D eigenvalue weighted by molar-refractivity contribution is 6.32. The number of halogens is 2. The molecular weight excluding hydrogens is 583 g/mol. The highest BCUT2D eigenvalue weighted by Gasteiger charge is 2.30. The van der Waals surface area contributed by atoms with Crippen LogP contribution in [0.4, 0.5) is 20.6 Å². The van der Waals surface area contributed by atoms with Crippen LogP contribution in [-0.4, -0.2) is 64.5 Å². The zero-order valence-electron chi connectivity index (χ0n) is 23.6. The lowest BCUT2D eigenvalue weighted by Crippen LogP contribution is -2.51. The average molecular weight is 613 g/mol. The van der Waals surface area contributed by atoms with E-state index in [0.29, 0.717) is 12.3 Å². The molecule has 0 radical (unpaired) electrons. The SMILES string of the molecule is CC(C)n1c(=O)n(C[C@H]2CCCO2)c(=O)c2cc(NC(=O)N3CCO[C@@H](C(=O)Nc4ccc(C#N)c(Cl)c4)C3)c(F)cc21. The first kappa shape index (κ1) is 30.2. The van der Waals surface area contributed by atoms with Crippen LogP contribution in [0.2, 0.25) is 5.02 Å². The van der Waals surface area contributed by atoms with Crippen molar-refractivity contribution in [2.45, 2.75) is 51.5 Å². The molecular formula is C29H30ClFN6O6. The van der Waals surface area contributed by atoms with Crippen LogP contribution in [-0.2, 0) is 20.8 Å². The van der Waals surface area contributed by atoms with Crippen LogP contribution in [0, 0.1) is 17.1 Å². The van der Waals surface area contributed by atoms with Gasteiger partial charge in [-0.1, -0.05) is 11.6 Å². The number of nitrogens with zero attached hydrogens (tertiary/aromatic N) is 4. The second kappa shape index (κ2) is 12.5. The van der Waals surface area contributed by atoms with Crippen LogP contribution in [0.15, 0.2) is 39.9 Å². The summed E-state index contributed by atoms with van der Waals surface area (Å²) in [5, 5.41) is 14.4. The summed E-state index contributed by atoms with van der Waals surface area (Å²) in [5.41, 5.74) is -0.676. The number of carbonyl (C=O) groups excluding carboxylic acids is 2. The molecule has 0 saturated carbocycles. The summed E-state index contributed by atoms with van der Waals surface area (Å²) in [6.07, 6.45) is 0.251. The van der Waals surface area contributed by atoms with Gasteiger partial charge in [0.1, 0.15) is 11.9 Å². The maximum absolute atomic E-state index is 15.3. The van der Waals surface area contributed by atoms with Crippen molar-refractivity contribution in [3.63, 3.8) is 0 Å².